The molecule has 0 fully saturated rings. The average Bonchev–Trinajstić information content (AvgIpc) is 2.96. The molecule has 0 N–H and O–H groups in total. The van der Waals surface area contributed by atoms with Gasteiger partial charge in [0.1, 0.15) is 5.65 Å². The fourth-order valence-corrected chi connectivity index (χ4v) is 4.88. The first kappa shape index (κ1) is 18.5. The van der Waals surface area contributed by atoms with Gasteiger partial charge in [0, 0.05) is 39.7 Å². The minimum Gasteiger partial charge on any atom is -0.295 e. The van der Waals surface area contributed by atoms with E-state index in [1.54, 1.807) is 0 Å². The number of imidazole rings is 1. The number of hydrogen-bond donors (Lipinski definition) is 0. The first-order valence-electron chi connectivity index (χ1n) is 10.1. The van der Waals surface area contributed by atoms with Crippen LogP contribution in [0.2, 0.25) is 0 Å². The average molecular weight is 393 g/mol. The van der Waals surface area contributed by atoms with Crippen LogP contribution in [0.4, 0.5) is 8.78 Å². The van der Waals surface area contributed by atoms with Gasteiger partial charge in [-0.15, -0.1) is 0 Å². The van der Waals surface area contributed by atoms with E-state index in [0.29, 0.717) is 17.0 Å². The van der Waals surface area contributed by atoms with Crippen LogP contribution in [0.15, 0.2) is 24.3 Å². The van der Waals surface area contributed by atoms with Gasteiger partial charge in [-0.3, -0.25) is 9.38 Å². The highest BCUT2D eigenvalue weighted by molar-refractivity contribution is 6.00. The van der Waals surface area contributed by atoms with Gasteiger partial charge in [-0.05, 0) is 30.0 Å². The zero-order valence-electron chi connectivity index (χ0n) is 17.7. The summed E-state index contributed by atoms with van der Waals surface area (Å²) in [6.07, 6.45) is 1.01. The van der Waals surface area contributed by atoms with Crippen molar-refractivity contribution < 1.29 is 8.78 Å². The highest BCUT2D eigenvalue weighted by Gasteiger charge is 2.34. The molecule has 0 aliphatic heterocycles. The standard InChI is InChI=1S/C24H25F2N3/c1-12-11-24(5,6)19-7-13(12)21-17(27-19)10-20(23(2,3)4)29-18-9-15(26)14(25)8-16(18)28-22(21)29/h7-10,12H,11H2,1-6H3. The second-order valence-electron chi connectivity index (χ2n) is 10.2. The van der Waals surface area contributed by atoms with Gasteiger partial charge < -0.3 is 0 Å². The summed E-state index contributed by atoms with van der Waals surface area (Å²) in [4.78, 5) is 9.79. The van der Waals surface area contributed by atoms with Crippen molar-refractivity contribution >= 4 is 27.6 Å². The van der Waals surface area contributed by atoms with E-state index < -0.39 is 11.6 Å². The first-order valence-corrected chi connectivity index (χ1v) is 10.1. The van der Waals surface area contributed by atoms with E-state index in [1.807, 2.05) is 4.40 Å². The molecule has 29 heavy (non-hydrogen) atoms. The van der Waals surface area contributed by atoms with Crippen LogP contribution in [-0.4, -0.2) is 14.4 Å². The monoisotopic (exact) mass is 393 g/mol. The Kier molecular flexibility index (Phi) is 3.52. The largest absolute Gasteiger partial charge is 0.295 e. The molecule has 1 unspecified atom stereocenters. The number of rotatable bonds is 0. The summed E-state index contributed by atoms with van der Waals surface area (Å²) in [6.45, 7) is 13.0. The van der Waals surface area contributed by atoms with Crippen molar-refractivity contribution in [1.29, 1.82) is 0 Å². The molecule has 150 valence electrons. The fourth-order valence-electron chi connectivity index (χ4n) is 4.88. The summed E-state index contributed by atoms with van der Waals surface area (Å²) in [7, 11) is 0. The molecular formula is C24H25F2N3. The highest BCUT2D eigenvalue weighted by atomic mass is 19.2. The van der Waals surface area contributed by atoms with E-state index in [2.05, 4.69) is 53.7 Å². The molecule has 0 amide bonds. The van der Waals surface area contributed by atoms with Crippen molar-refractivity contribution in [2.75, 3.05) is 0 Å². The summed E-state index contributed by atoms with van der Waals surface area (Å²) in [5.74, 6) is -1.39. The van der Waals surface area contributed by atoms with Crippen molar-refractivity contribution in [2.24, 2.45) is 0 Å². The van der Waals surface area contributed by atoms with Gasteiger partial charge in [0.05, 0.1) is 16.6 Å². The molecule has 2 bridgehead atoms. The van der Waals surface area contributed by atoms with Crippen molar-refractivity contribution in [1.82, 2.24) is 14.4 Å². The third-order valence-electron chi connectivity index (χ3n) is 6.32. The zero-order valence-corrected chi connectivity index (χ0v) is 17.7. The van der Waals surface area contributed by atoms with Gasteiger partial charge in [-0.2, -0.15) is 0 Å². The lowest BCUT2D eigenvalue weighted by Gasteiger charge is -2.34. The van der Waals surface area contributed by atoms with Crippen LogP contribution in [-0.2, 0) is 10.8 Å². The Morgan fingerprint density at radius 1 is 1.00 bits per heavy atom. The lowest BCUT2D eigenvalue weighted by molar-refractivity contribution is 0.413. The van der Waals surface area contributed by atoms with Gasteiger partial charge in [0.15, 0.2) is 11.6 Å². The van der Waals surface area contributed by atoms with Gasteiger partial charge in [-0.25, -0.2) is 13.8 Å². The third kappa shape index (κ3) is 2.52. The van der Waals surface area contributed by atoms with Crippen LogP contribution in [0.25, 0.3) is 27.6 Å². The summed E-state index contributed by atoms with van der Waals surface area (Å²) in [5.41, 5.74) is 5.76. The minimum atomic E-state index is -0.876. The maximum atomic E-state index is 14.1. The molecule has 3 nitrogen and oxygen atoms in total. The number of hydrogen-bond acceptors (Lipinski definition) is 2. The topological polar surface area (TPSA) is 30.2 Å². The van der Waals surface area contributed by atoms with E-state index in [4.69, 9.17) is 9.97 Å². The van der Waals surface area contributed by atoms with Crippen LogP contribution in [0.5, 0.6) is 0 Å². The lowest BCUT2D eigenvalue weighted by Crippen LogP contribution is -2.26. The molecule has 1 aliphatic carbocycles. The maximum Gasteiger partial charge on any atom is 0.161 e. The Morgan fingerprint density at radius 3 is 2.38 bits per heavy atom. The van der Waals surface area contributed by atoms with Crippen LogP contribution in [0.1, 0.15) is 70.8 Å². The summed E-state index contributed by atoms with van der Waals surface area (Å²) in [6, 6.07) is 6.74. The molecule has 1 aliphatic rings. The Hall–Kier alpha value is -2.56. The summed E-state index contributed by atoms with van der Waals surface area (Å²) in [5, 5.41) is 0.988. The molecule has 0 radical (unpaired) electrons. The maximum absolute atomic E-state index is 14.1. The Balaban J connectivity index is 2.04. The fraction of sp³-hybridized carbons (Fsp3) is 0.417. The number of nitrogens with zero attached hydrogens (tertiary/aromatic N) is 3. The molecule has 0 saturated heterocycles. The number of benzene rings is 1. The molecule has 5 heteroatoms. The molecule has 1 atom stereocenters. The van der Waals surface area contributed by atoms with Crippen LogP contribution < -0.4 is 0 Å². The molecule has 0 saturated carbocycles. The first-order chi connectivity index (χ1) is 13.5. The van der Waals surface area contributed by atoms with Crippen LogP contribution in [0, 0.1) is 11.6 Å². The molecule has 3 heterocycles. The third-order valence-corrected chi connectivity index (χ3v) is 6.32. The van der Waals surface area contributed by atoms with E-state index in [9.17, 15) is 8.78 Å². The van der Waals surface area contributed by atoms with Crippen molar-refractivity contribution in [3.8, 4) is 0 Å². The van der Waals surface area contributed by atoms with Gasteiger partial charge in [-0.1, -0.05) is 41.5 Å². The SMILES string of the molecule is CC1CC(C)(C)c2cc1c1c(cc(C(C)(C)C)n3c4cc(F)c(F)cc4nc13)n2. The number of fused-ring (bicyclic) bond motifs is 8. The van der Waals surface area contributed by atoms with E-state index in [-0.39, 0.29) is 10.8 Å². The van der Waals surface area contributed by atoms with Crippen molar-refractivity contribution in [3.63, 3.8) is 0 Å². The Morgan fingerprint density at radius 2 is 1.69 bits per heavy atom. The highest BCUT2D eigenvalue weighted by Crippen LogP contribution is 2.44. The van der Waals surface area contributed by atoms with Gasteiger partial charge in [0.2, 0.25) is 0 Å². The smallest absolute Gasteiger partial charge is 0.161 e. The Labute approximate surface area is 168 Å². The molecule has 0 spiro atoms. The predicted molar refractivity (Wildman–Crippen MR) is 113 cm³/mol. The van der Waals surface area contributed by atoms with Crippen LogP contribution >= 0.6 is 0 Å². The molecule has 4 aromatic rings. The minimum absolute atomic E-state index is 0.0149. The number of halogens is 2. The van der Waals surface area contributed by atoms with Gasteiger partial charge >= 0.3 is 0 Å². The molecular weight excluding hydrogens is 368 g/mol. The lowest BCUT2D eigenvalue weighted by atomic mass is 9.72. The van der Waals surface area contributed by atoms with E-state index in [1.165, 1.54) is 17.7 Å². The Bertz CT molecular complexity index is 1330. The van der Waals surface area contributed by atoms with Crippen molar-refractivity contribution in [3.05, 3.63) is 52.9 Å². The second-order valence-corrected chi connectivity index (χ2v) is 10.2. The van der Waals surface area contributed by atoms with E-state index >= 15 is 0 Å². The van der Waals surface area contributed by atoms with E-state index in [0.717, 1.165) is 34.4 Å². The normalized spacial score (nSPS) is 18.8. The number of aromatic nitrogens is 3. The molecule has 1 aromatic carbocycles. The second kappa shape index (κ2) is 5.53. The molecule has 5 rings (SSSR count). The van der Waals surface area contributed by atoms with Crippen LogP contribution in [0.3, 0.4) is 0 Å². The predicted octanol–water partition coefficient (Wildman–Crippen LogP) is 6.40. The van der Waals surface area contributed by atoms with Gasteiger partial charge in [0.25, 0.3) is 0 Å². The number of pyridine rings is 2. The zero-order chi connectivity index (χ0) is 20.9. The van der Waals surface area contributed by atoms with Crippen molar-refractivity contribution in [2.45, 2.75) is 64.7 Å². The summed E-state index contributed by atoms with van der Waals surface area (Å²) >= 11 is 0. The summed E-state index contributed by atoms with van der Waals surface area (Å²) < 4.78 is 30.1. The quantitative estimate of drug-likeness (QED) is 0.346. The molecule has 3 aromatic heterocycles.